The van der Waals surface area contributed by atoms with Crippen LogP contribution in [0, 0.1) is 12.8 Å². The Bertz CT molecular complexity index is 1320. The highest BCUT2D eigenvalue weighted by molar-refractivity contribution is 5.70. The SMILES string of the molecule is COc1ncnc(C2CC2)c1-c1nc(NCC2CCN(c3ccc(C)nc3)CC2)c2nccn2n1. The van der Waals surface area contributed by atoms with Gasteiger partial charge in [-0.15, -0.1) is 5.10 Å². The first kappa shape index (κ1) is 21.7. The molecule has 1 aliphatic carbocycles. The van der Waals surface area contributed by atoms with E-state index in [1.54, 1.807) is 24.1 Å². The van der Waals surface area contributed by atoms with Crippen LogP contribution in [-0.2, 0) is 0 Å². The number of pyridine rings is 1. The minimum absolute atomic E-state index is 0.411. The number of imidazole rings is 1. The van der Waals surface area contributed by atoms with Crippen LogP contribution in [0.4, 0.5) is 11.5 Å². The second kappa shape index (κ2) is 9.09. The van der Waals surface area contributed by atoms with E-state index in [4.69, 9.17) is 14.8 Å². The molecule has 1 aliphatic heterocycles. The zero-order valence-electron chi connectivity index (χ0n) is 20.1. The first-order chi connectivity index (χ1) is 17.2. The molecule has 2 fully saturated rings. The molecule has 5 heterocycles. The Kier molecular flexibility index (Phi) is 5.63. The van der Waals surface area contributed by atoms with Gasteiger partial charge in [-0.2, -0.15) is 0 Å². The molecule has 6 rings (SSSR count). The quantitative estimate of drug-likeness (QED) is 0.433. The van der Waals surface area contributed by atoms with Crippen LogP contribution in [0.5, 0.6) is 5.88 Å². The summed E-state index contributed by atoms with van der Waals surface area (Å²) in [4.78, 5) is 25.1. The Hall–Kier alpha value is -3.82. The second-order valence-corrected chi connectivity index (χ2v) is 9.37. The van der Waals surface area contributed by atoms with Crippen LogP contribution >= 0.6 is 0 Å². The fourth-order valence-corrected chi connectivity index (χ4v) is 4.75. The van der Waals surface area contributed by atoms with Crippen molar-refractivity contribution in [3.8, 4) is 17.3 Å². The summed E-state index contributed by atoms with van der Waals surface area (Å²) in [6, 6.07) is 4.24. The molecule has 1 saturated heterocycles. The maximum Gasteiger partial charge on any atom is 0.227 e. The van der Waals surface area contributed by atoms with Gasteiger partial charge in [0.05, 0.1) is 24.7 Å². The lowest BCUT2D eigenvalue weighted by Crippen LogP contribution is -2.36. The van der Waals surface area contributed by atoms with E-state index in [2.05, 4.69) is 42.3 Å². The van der Waals surface area contributed by atoms with E-state index in [1.165, 1.54) is 5.69 Å². The Labute approximate surface area is 203 Å². The fraction of sp³-hybridized carbons (Fsp3) is 0.440. The van der Waals surface area contributed by atoms with Crippen LogP contribution < -0.4 is 15.0 Å². The number of nitrogens with one attached hydrogen (secondary N) is 1. The van der Waals surface area contributed by atoms with E-state index < -0.39 is 0 Å². The second-order valence-electron chi connectivity index (χ2n) is 9.37. The highest BCUT2D eigenvalue weighted by Gasteiger charge is 2.32. The van der Waals surface area contributed by atoms with Crippen LogP contribution in [-0.4, -0.2) is 61.3 Å². The van der Waals surface area contributed by atoms with Crippen LogP contribution in [0.1, 0.15) is 43.0 Å². The summed E-state index contributed by atoms with van der Waals surface area (Å²) >= 11 is 0. The molecule has 0 spiro atoms. The lowest BCUT2D eigenvalue weighted by Gasteiger charge is -2.33. The third-order valence-electron chi connectivity index (χ3n) is 6.91. The minimum atomic E-state index is 0.411. The van der Waals surface area contributed by atoms with Gasteiger partial charge in [-0.1, -0.05) is 0 Å². The molecule has 4 aromatic heterocycles. The first-order valence-corrected chi connectivity index (χ1v) is 12.2. The number of fused-ring (bicyclic) bond motifs is 1. The molecule has 0 radical (unpaired) electrons. The number of hydrogen-bond acceptors (Lipinski definition) is 9. The highest BCUT2D eigenvalue weighted by Crippen LogP contribution is 2.45. The normalized spacial score (nSPS) is 16.6. The standard InChI is InChI=1S/C25H29N9O/c1-16-3-6-19(14-27-16)33-10-7-17(8-11-33)13-28-23-24-26-9-12-34(24)32-22(31-23)20-21(18-4-5-18)29-15-30-25(20)35-2/h3,6,9,12,14-15,17-18H,4-5,7-8,10-11,13H2,1-2H3,(H,28,31,32). The molecule has 0 atom stereocenters. The van der Waals surface area contributed by atoms with Crippen LogP contribution in [0.15, 0.2) is 37.1 Å². The van der Waals surface area contributed by atoms with Crippen molar-refractivity contribution in [1.29, 1.82) is 0 Å². The molecule has 35 heavy (non-hydrogen) atoms. The van der Waals surface area contributed by atoms with E-state index in [-0.39, 0.29) is 0 Å². The minimum Gasteiger partial charge on any atom is -0.480 e. The Morgan fingerprint density at radius 1 is 1.06 bits per heavy atom. The maximum absolute atomic E-state index is 5.57. The van der Waals surface area contributed by atoms with Gasteiger partial charge in [-0.3, -0.25) is 4.98 Å². The Balaban J connectivity index is 1.21. The molecule has 10 heteroatoms. The van der Waals surface area contributed by atoms with Crippen molar-refractivity contribution in [2.45, 2.75) is 38.5 Å². The number of methoxy groups -OCH3 is 1. The number of hydrogen-bond donors (Lipinski definition) is 1. The van der Waals surface area contributed by atoms with E-state index in [0.29, 0.717) is 29.2 Å². The summed E-state index contributed by atoms with van der Waals surface area (Å²) in [7, 11) is 1.62. The molecule has 0 unspecified atom stereocenters. The zero-order valence-corrected chi connectivity index (χ0v) is 20.1. The summed E-state index contributed by atoms with van der Waals surface area (Å²) in [5.74, 6) is 2.74. The van der Waals surface area contributed by atoms with Crippen molar-refractivity contribution in [2.24, 2.45) is 5.92 Å². The molecule has 1 N–H and O–H groups in total. The summed E-state index contributed by atoms with van der Waals surface area (Å²) in [6.07, 6.45) is 11.6. The van der Waals surface area contributed by atoms with Crippen molar-refractivity contribution in [3.63, 3.8) is 0 Å². The molecule has 2 aliphatic rings. The molecule has 1 saturated carbocycles. The summed E-state index contributed by atoms with van der Waals surface area (Å²) < 4.78 is 7.34. The van der Waals surface area contributed by atoms with Crippen molar-refractivity contribution < 1.29 is 4.74 Å². The molecule has 0 aromatic carbocycles. The molecule has 10 nitrogen and oxygen atoms in total. The fourth-order valence-electron chi connectivity index (χ4n) is 4.75. The zero-order chi connectivity index (χ0) is 23.8. The number of rotatable bonds is 7. The van der Waals surface area contributed by atoms with Gasteiger partial charge in [0.2, 0.25) is 5.88 Å². The topological polar surface area (TPSA) is 106 Å². The van der Waals surface area contributed by atoms with Gasteiger partial charge >= 0.3 is 0 Å². The van der Waals surface area contributed by atoms with E-state index in [1.807, 2.05) is 19.3 Å². The van der Waals surface area contributed by atoms with E-state index >= 15 is 0 Å². The van der Waals surface area contributed by atoms with Gasteiger partial charge in [0.15, 0.2) is 17.3 Å². The van der Waals surface area contributed by atoms with Gasteiger partial charge < -0.3 is 15.0 Å². The summed E-state index contributed by atoms with van der Waals surface area (Å²) in [6.45, 7) is 4.89. The number of aromatic nitrogens is 7. The molecule has 0 amide bonds. The van der Waals surface area contributed by atoms with Gasteiger partial charge in [-0.25, -0.2) is 24.5 Å². The maximum atomic E-state index is 5.57. The number of anilines is 2. The van der Waals surface area contributed by atoms with Gasteiger partial charge in [-0.05, 0) is 50.7 Å². The Morgan fingerprint density at radius 2 is 1.91 bits per heavy atom. The average Bonchev–Trinajstić information content (AvgIpc) is 3.64. The lowest BCUT2D eigenvalue weighted by molar-refractivity contribution is 0.397. The average molecular weight is 472 g/mol. The van der Waals surface area contributed by atoms with Crippen LogP contribution in [0.2, 0.25) is 0 Å². The summed E-state index contributed by atoms with van der Waals surface area (Å²) in [5, 5.41) is 8.29. The van der Waals surface area contributed by atoms with Gasteiger partial charge in [0.25, 0.3) is 0 Å². The van der Waals surface area contributed by atoms with Crippen molar-refractivity contribution in [2.75, 3.05) is 37.0 Å². The largest absolute Gasteiger partial charge is 0.480 e. The third kappa shape index (κ3) is 4.36. The first-order valence-electron chi connectivity index (χ1n) is 12.2. The molecular weight excluding hydrogens is 442 g/mol. The number of aryl methyl sites for hydroxylation is 1. The van der Waals surface area contributed by atoms with Crippen LogP contribution in [0.3, 0.4) is 0 Å². The molecular formula is C25H29N9O. The molecule has 0 bridgehead atoms. The number of piperidine rings is 1. The third-order valence-corrected chi connectivity index (χ3v) is 6.91. The molecule has 4 aromatic rings. The van der Waals surface area contributed by atoms with Gasteiger partial charge in [0, 0.05) is 43.6 Å². The van der Waals surface area contributed by atoms with Crippen molar-refractivity contribution in [3.05, 3.63) is 48.4 Å². The number of ether oxygens (including phenoxy) is 1. The smallest absolute Gasteiger partial charge is 0.227 e. The van der Waals surface area contributed by atoms with E-state index in [9.17, 15) is 0 Å². The lowest BCUT2D eigenvalue weighted by atomic mass is 9.96. The number of nitrogens with zero attached hydrogens (tertiary/aromatic N) is 8. The summed E-state index contributed by atoms with van der Waals surface area (Å²) in [5.41, 5.74) is 4.69. The van der Waals surface area contributed by atoms with E-state index in [0.717, 1.165) is 68.1 Å². The monoisotopic (exact) mass is 471 g/mol. The molecule has 180 valence electrons. The predicted molar refractivity (Wildman–Crippen MR) is 133 cm³/mol. The predicted octanol–water partition coefficient (Wildman–Crippen LogP) is 3.50. The van der Waals surface area contributed by atoms with Crippen molar-refractivity contribution in [1.82, 2.24) is 34.5 Å². The van der Waals surface area contributed by atoms with Crippen LogP contribution in [0.25, 0.3) is 17.0 Å². The van der Waals surface area contributed by atoms with Crippen molar-refractivity contribution >= 4 is 17.2 Å². The Morgan fingerprint density at radius 3 is 2.66 bits per heavy atom. The highest BCUT2D eigenvalue weighted by atomic mass is 16.5. The van der Waals surface area contributed by atoms with Gasteiger partial charge in [0.1, 0.15) is 11.9 Å².